The summed E-state index contributed by atoms with van der Waals surface area (Å²) in [5.41, 5.74) is 0.523. The second-order valence-corrected chi connectivity index (χ2v) is 10.0. The molecule has 0 aliphatic heterocycles. The van der Waals surface area contributed by atoms with E-state index in [-0.39, 0.29) is 5.60 Å². The first-order valence-electron chi connectivity index (χ1n) is 11.3. The van der Waals surface area contributed by atoms with Crippen molar-refractivity contribution in [3.8, 4) is 0 Å². The summed E-state index contributed by atoms with van der Waals surface area (Å²) in [7, 11) is 1.38. The first kappa shape index (κ1) is 18.6. The Morgan fingerprint density at radius 3 is 2.50 bits per heavy atom. The molecule has 0 N–H and O–H groups in total. The van der Waals surface area contributed by atoms with E-state index in [1.165, 1.54) is 64.9 Å². The van der Waals surface area contributed by atoms with E-state index in [2.05, 4.69) is 10.3 Å². The maximum Gasteiger partial charge on any atom is 0.360 e. The minimum Gasteiger partial charge on any atom is -0.464 e. The van der Waals surface area contributed by atoms with Crippen molar-refractivity contribution in [2.24, 2.45) is 23.7 Å². The Labute approximate surface area is 167 Å². The van der Waals surface area contributed by atoms with Crippen molar-refractivity contribution in [3.63, 3.8) is 0 Å². The first-order chi connectivity index (χ1) is 13.6. The lowest BCUT2D eigenvalue weighted by atomic mass is 9.54. The van der Waals surface area contributed by atoms with Crippen LogP contribution in [0, 0.1) is 23.7 Å². The molecule has 0 radical (unpaired) electrons. The number of hydrogen-bond donors (Lipinski definition) is 0. The van der Waals surface area contributed by atoms with Gasteiger partial charge in [0.1, 0.15) is 0 Å². The number of aromatic nitrogens is 3. The topological polar surface area (TPSA) is 66.2 Å². The van der Waals surface area contributed by atoms with Gasteiger partial charge in [-0.3, -0.25) is 0 Å². The normalized spacial score (nSPS) is 39.7. The Kier molecular flexibility index (Phi) is 4.93. The zero-order valence-electron chi connectivity index (χ0n) is 17.0. The predicted octanol–water partition coefficient (Wildman–Crippen LogP) is 4.17. The molecule has 1 aromatic heterocycles. The minimum absolute atomic E-state index is 0.224. The zero-order valence-corrected chi connectivity index (χ0v) is 17.0. The lowest BCUT2D eigenvalue weighted by Gasteiger charge is -2.56. The summed E-state index contributed by atoms with van der Waals surface area (Å²) >= 11 is 0. The van der Waals surface area contributed by atoms with Crippen molar-refractivity contribution in [2.45, 2.75) is 82.3 Å². The van der Waals surface area contributed by atoms with Crippen molar-refractivity contribution in [3.05, 3.63) is 11.9 Å². The highest BCUT2D eigenvalue weighted by Crippen LogP contribution is 2.57. The monoisotopic (exact) mass is 387 g/mol. The number of carbonyl (C=O) groups excluding carboxylic acids is 1. The van der Waals surface area contributed by atoms with Gasteiger partial charge in [-0.2, -0.15) is 0 Å². The summed E-state index contributed by atoms with van der Waals surface area (Å²) in [6.07, 6.45) is 15.9. The average molecular weight is 388 g/mol. The van der Waals surface area contributed by atoms with Crippen molar-refractivity contribution in [1.82, 2.24) is 15.0 Å². The van der Waals surface area contributed by atoms with Crippen molar-refractivity contribution < 1.29 is 14.3 Å². The maximum atomic E-state index is 11.6. The molecule has 4 bridgehead atoms. The van der Waals surface area contributed by atoms with Crippen LogP contribution in [0.2, 0.25) is 0 Å². The fraction of sp³-hybridized carbons (Fsp3) is 0.864. The zero-order chi connectivity index (χ0) is 19.1. The molecule has 0 spiro atoms. The van der Waals surface area contributed by atoms with Gasteiger partial charge in [0.25, 0.3) is 0 Å². The van der Waals surface area contributed by atoms with Crippen LogP contribution in [0.15, 0.2) is 6.20 Å². The average Bonchev–Trinajstić information content (AvgIpc) is 3.04. The highest BCUT2D eigenvalue weighted by Gasteiger charge is 2.51. The van der Waals surface area contributed by atoms with Crippen LogP contribution in [-0.4, -0.2) is 40.3 Å². The molecule has 154 valence electrons. The molecule has 6 rings (SSSR count). The van der Waals surface area contributed by atoms with Crippen LogP contribution in [0.3, 0.4) is 0 Å². The molecule has 5 saturated carbocycles. The molecule has 1 heterocycles. The molecule has 1 aromatic rings. The summed E-state index contributed by atoms with van der Waals surface area (Å²) in [6, 6.07) is 0.329. The van der Waals surface area contributed by atoms with Crippen LogP contribution in [0.25, 0.3) is 0 Å². The van der Waals surface area contributed by atoms with E-state index < -0.39 is 5.97 Å². The van der Waals surface area contributed by atoms with Crippen LogP contribution in [0.4, 0.5) is 0 Å². The summed E-state index contributed by atoms with van der Waals surface area (Å²) < 4.78 is 13.3. The Hall–Kier alpha value is -1.43. The molecule has 6 heteroatoms. The second kappa shape index (κ2) is 7.43. The van der Waals surface area contributed by atoms with Gasteiger partial charge in [0.15, 0.2) is 5.69 Å². The molecule has 6 nitrogen and oxygen atoms in total. The molecular weight excluding hydrogens is 354 g/mol. The van der Waals surface area contributed by atoms with Gasteiger partial charge in [-0.1, -0.05) is 11.6 Å². The number of rotatable bonds is 5. The number of ether oxygens (including phenoxy) is 2. The standard InChI is InChI=1S/C22H33N3O3/c1-27-21(26)20-13-25(24-23-20)19-4-2-3-15(5-6-19)14-28-22-10-16-7-17(11-22)9-18(8-16)12-22/h13,15-19H,2-12,14H2,1H3. The molecule has 0 aromatic carbocycles. The van der Waals surface area contributed by atoms with Gasteiger partial charge in [0, 0.05) is 0 Å². The summed E-state index contributed by atoms with van der Waals surface area (Å²) in [5, 5.41) is 8.15. The van der Waals surface area contributed by atoms with E-state index >= 15 is 0 Å². The molecule has 2 atom stereocenters. The number of methoxy groups -OCH3 is 1. The van der Waals surface area contributed by atoms with Gasteiger partial charge in [-0.15, -0.1) is 5.10 Å². The fourth-order valence-corrected chi connectivity index (χ4v) is 6.95. The highest BCUT2D eigenvalue weighted by atomic mass is 16.5. The largest absolute Gasteiger partial charge is 0.464 e. The molecule has 2 unspecified atom stereocenters. The lowest BCUT2D eigenvalue weighted by molar-refractivity contribution is -0.169. The van der Waals surface area contributed by atoms with E-state index in [9.17, 15) is 4.79 Å². The SMILES string of the molecule is COC(=O)c1cn(C2CCCC(COC34CC5CC(CC(C5)C3)C4)CC2)nn1. The fourth-order valence-electron chi connectivity index (χ4n) is 6.95. The molecular formula is C22H33N3O3. The summed E-state index contributed by atoms with van der Waals surface area (Å²) in [4.78, 5) is 11.6. The molecule has 0 amide bonds. The van der Waals surface area contributed by atoms with Crippen LogP contribution < -0.4 is 0 Å². The van der Waals surface area contributed by atoms with E-state index in [1.807, 2.05) is 4.68 Å². The maximum absolute atomic E-state index is 11.6. The molecule has 5 aliphatic carbocycles. The molecule has 0 saturated heterocycles. The van der Waals surface area contributed by atoms with Gasteiger partial charge < -0.3 is 9.47 Å². The van der Waals surface area contributed by atoms with E-state index in [0.29, 0.717) is 17.7 Å². The summed E-state index contributed by atoms with van der Waals surface area (Å²) in [6.45, 7) is 0.934. The molecule has 5 aliphatic rings. The molecule has 28 heavy (non-hydrogen) atoms. The number of carbonyl (C=O) groups is 1. The van der Waals surface area contributed by atoms with E-state index in [1.54, 1.807) is 6.20 Å². The quantitative estimate of drug-likeness (QED) is 0.560. The van der Waals surface area contributed by atoms with Gasteiger partial charge in [0.2, 0.25) is 0 Å². The second-order valence-electron chi connectivity index (χ2n) is 10.0. The number of hydrogen-bond acceptors (Lipinski definition) is 5. The third-order valence-corrected chi connectivity index (χ3v) is 7.94. The third-order valence-electron chi connectivity index (χ3n) is 7.94. The van der Waals surface area contributed by atoms with Gasteiger partial charge in [0.05, 0.1) is 31.6 Å². The first-order valence-corrected chi connectivity index (χ1v) is 11.3. The van der Waals surface area contributed by atoms with Crippen molar-refractivity contribution in [1.29, 1.82) is 0 Å². The smallest absolute Gasteiger partial charge is 0.360 e. The summed E-state index contributed by atoms with van der Waals surface area (Å²) in [5.74, 6) is 3.08. The van der Waals surface area contributed by atoms with Gasteiger partial charge >= 0.3 is 5.97 Å². The van der Waals surface area contributed by atoms with E-state index in [4.69, 9.17) is 9.47 Å². The highest BCUT2D eigenvalue weighted by molar-refractivity contribution is 5.86. The lowest BCUT2D eigenvalue weighted by Crippen LogP contribution is -2.52. The van der Waals surface area contributed by atoms with Crippen LogP contribution in [0.1, 0.15) is 87.2 Å². The van der Waals surface area contributed by atoms with Gasteiger partial charge in [-0.25, -0.2) is 9.48 Å². The Morgan fingerprint density at radius 1 is 1.11 bits per heavy atom. The van der Waals surface area contributed by atoms with Crippen LogP contribution >= 0.6 is 0 Å². The minimum atomic E-state index is -0.415. The number of esters is 1. The Morgan fingerprint density at radius 2 is 1.82 bits per heavy atom. The Bertz CT molecular complexity index is 680. The van der Waals surface area contributed by atoms with Crippen LogP contribution in [0.5, 0.6) is 0 Å². The number of nitrogens with zero attached hydrogens (tertiary/aromatic N) is 3. The Balaban J connectivity index is 1.16. The molecule has 5 fully saturated rings. The van der Waals surface area contributed by atoms with Crippen LogP contribution in [-0.2, 0) is 9.47 Å². The van der Waals surface area contributed by atoms with Crippen molar-refractivity contribution >= 4 is 5.97 Å². The van der Waals surface area contributed by atoms with Crippen molar-refractivity contribution in [2.75, 3.05) is 13.7 Å². The predicted molar refractivity (Wildman–Crippen MR) is 104 cm³/mol. The van der Waals surface area contributed by atoms with E-state index in [0.717, 1.165) is 37.2 Å². The van der Waals surface area contributed by atoms with Gasteiger partial charge in [-0.05, 0) is 87.9 Å². The third kappa shape index (κ3) is 3.60.